The van der Waals surface area contributed by atoms with E-state index in [2.05, 4.69) is 25.2 Å². The van der Waals surface area contributed by atoms with Gasteiger partial charge in [0.05, 0.1) is 36.7 Å². The lowest BCUT2D eigenvalue weighted by molar-refractivity contribution is -0.141. The van der Waals surface area contributed by atoms with Crippen molar-refractivity contribution in [2.24, 2.45) is 0 Å². The van der Waals surface area contributed by atoms with Gasteiger partial charge in [-0.3, -0.25) is 4.98 Å². The van der Waals surface area contributed by atoms with Gasteiger partial charge in [0.1, 0.15) is 17.0 Å². The van der Waals surface area contributed by atoms with Gasteiger partial charge in [-0.1, -0.05) is 0 Å². The van der Waals surface area contributed by atoms with E-state index in [1.807, 2.05) is 12.1 Å². The summed E-state index contributed by atoms with van der Waals surface area (Å²) in [6.45, 7) is 3.03. The smallest absolute Gasteiger partial charge is 0.433 e. The summed E-state index contributed by atoms with van der Waals surface area (Å²) in [7, 11) is 0. The number of aromatic nitrogens is 3. The van der Waals surface area contributed by atoms with Crippen LogP contribution in [-0.2, 0) is 10.9 Å². The molecule has 0 amide bonds. The molecule has 2 aromatic heterocycles. The van der Waals surface area contributed by atoms with Crippen LogP contribution in [0.25, 0.3) is 11.0 Å². The van der Waals surface area contributed by atoms with E-state index in [0.717, 1.165) is 67.3 Å². The minimum absolute atomic E-state index is 0.0360. The molecule has 1 aliphatic heterocycles. The summed E-state index contributed by atoms with van der Waals surface area (Å²) in [6, 6.07) is 6.68. The Morgan fingerprint density at radius 2 is 1.74 bits per heavy atom. The number of hydrogen-bond donors (Lipinski definition) is 1. The Labute approximate surface area is 195 Å². The summed E-state index contributed by atoms with van der Waals surface area (Å²) in [5.74, 6) is 0.732. The predicted octanol–water partition coefficient (Wildman–Crippen LogP) is 4.68. The summed E-state index contributed by atoms with van der Waals surface area (Å²) in [4.78, 5) is 14.8. The molecule has 1 saturated carbocycles. The van der Waals surface area contributed by atoms with Crippen molar-refractivity contribution in [2.75, 3.05) is 36.5 Å². The summed E-state index contributed by atoms with van der Waals surface area (Å²) in [5, 5.41) is 3.30. The zero-order valence-electron chi connectivity index (χ0n) is 18.6. The van der Waals surface area contributed by atoms with Crippen LogP contribution in [0.4, 0.5) is 24.5 Å². The molecule has 3 aromatic rings. The van der Waals surface area contributed by atoms with Crippen LogP contribution >= 0.6 is 0 Å². The number of nitrogens with one attached hydrogen (secondary N) is 1. The van der Waals surface area contributed by atoms with Gasteiger partial charge in [0, 0.05) is 43.3 Å². The second kappa shape index (κ2) is 9.61. The number of anilines is 2. The Morgan fingerprint density at radius 3 is 2.44 bits per heavy atom. The molecule has 0 bridgehead atoms. The van der Waals surface area contributed by atoms with Crippen molar-refractivity contribution >= 4 is 22.4 Å². The molecule has 0 atom stereocenters. The lowest BCUT2D eigenvalue weighted by Crippen LogP contribution is -2.36. The fraction of sp³-hybridized carbons (Fsp3) is 0.458. The number of alkyl halides is 3. The van der Waals surface area contributed by atoms with E-state index in [0.29, 0.717) is 18.9 Å². The lowest BCUT2D eigenvalue weighted by Gasteiger charge is -2.31. The van der Waals surface area contributed by atoms with Crippen LogP contribution in [0.3, 0.4) is 0 Å². The predicted molar refractivity (Wildman–Crippen MR) is 122 cm³/mol. The second-order valence-electron chi connectivity index (χ2n) is 8.63. The molecule has 1 aromatic carbocycles. The minimum atomic E-state index is -4.43. The van der Waals surface area contributed by atoms with E-state index in [9.17, 15) is 13.2 Å². The third-order valence-corrected chi connectivity index (χ3v) is 6.29. The molecule has 2 fully saturated rings. The fourth-order valence-electron chi connectivity index (χ4n) is 4.51. The highest BCUT2D eigenvalue weighted by Gasteiger charge is 2.32. The van der Waals surface area contributed by atoms with Crippen molar-refractivity contribution in [1.29, 1.82) is 0 Å². The summed E-state index contributed by atoms with van der Waals surface area (Å²) in [5.41, 5.74) is 2.31. The van der Waals surface area contributed by atoms with Crippen LogP contribution < -0.4 is 15.0 Å². The number of fused-ring (bicyclic) bond motifs is 1. The SMILES string of the molecule is FC(F)(F)c1ccc(NC2CCC(Oc3cc(N4CCOCC4)cc4nccnc34)CC2)cn1. The second-order valence-corrected chi connectivity index (χ2v) is 8.63. The van der Waals surface area contributed by atoms with Gasteiger partial charge in [-0.15, -0.1) is 0 Å². The van der Waals surface area contributed by atoms with Gasteiger partial charge in [-0.2, -0.15) is 13.2 Å². The van der Waals surface area contributed by atoms with Crippen molar-refractivity contribution < 1.29 is 22.6 Å². The molecule has 1 saturated heterocycles. The van der Waals surface area contributed by atoms with Gasteiger partial charge in [-0.05, 0) is 43.9 Å². The van der Waals surface area contributed by atoms with Gasteiger partial charge in [0.15, 0.2) is 0 Å². The Bertz CT molecular complexity index is 1110. The highest BCUT2D eigenvalue weighted by atomic mass is 19.4. The number of ether oxygens (including phenoxy) is 2. The molecule has 5 rings (SSSR count). The van der Waals surface area contributed by atoms with Crippen molar-refractivity contribution in [3.05, 3.63) is 48.5 Å². The quantitative estimate of drug-likeness (QED) is 0.577. The van der Waals surface area contributed by atoms with E-state index in [-0.39, 0.29) is 12.1 Å². The maximum atomic E-state index is 12.7. The van der Waals surface area contributed by atoms with Gasteiger partial charge in [-0.25, -0.2) is 9.97 Å². The van der Waals surface area contributed by atoms with Gasteiger partial charge < -0.3 is 19.7 Å². The van der Waals surface area contributed by atoms with E-state index >= 15 is 0 Å². The number of halogens is 3. The largest absolute Gasteiger partial charge is 0.488 e. The van der Waals surface area contributed by atoms with E-state index in [1.54, 1.807) is 12.4 Å². The summed E-state index contributed by atoms with van der Waals surface area (Å²) >= 11 is 0. The standard InChI is InChI=1S/C24H26F3N5O2/c25-24(26,27)22-6-3-17(15-30-22)31-16-1-4-19(5-2-16)34-21-14-18(32-9-11-33-12-10-32)13-20-23(21)29-8-7-28-20/h3,6-8,13-16,19,31H,1-2,4-5,9-12H2. The number of hydrogen-bond acceptors (Lipinski definition) is 7. The monoisotopic (exact) mass is 473 g/mol. The van der Waals surface area contributed by atoms with E-state index in [4.69, 9.17) is 9.47 Å². The first kappa shape index (κ1) is 22.6. The highest BCUT2D eigenvalue weighted by molar-refractivity contribution is 5.85. The maximum absolute atomic E-state index is 12.7. The van der Waals surface area contributed by atoms with Crippen LogP contribution in [-0.4, -0.2) is 53.4 Å². The van der Waals surface area contributed by atoms with Crippen molar-refractivity contribution in [3.8, 4) is 5.75 Å². The molecule has 180 valence electrons. The number of benzene rings is 1. The number of pyridine rings is 1. The average Bonchev–Trinajstić information content (AvgIpc) is 2.85. The third-order valence-electron chi connectivity index (χ3n) is 6.29. The highest BCUT2D eigenvalue weighted by Crippen LogP contribution is 2.33. The number of morpholine rings is 1. The molecular weight excluding hydrogens is 447 g/mol. The zero-order valence-corrected chi connectivity index (χ0v) is 18.6. The van der Waals surface area contributed by atoms with Crippen LogP contribution in [0.1, 0.15) is 31.4 Å². The number of nitrogens with zero attached hydrogens (tertiary/aromatic N) is 4. The first-order chi connectivity index (χ1) is 16.5. The molecule has 7 nitrogen and oxygen atoms in total. The normalized spacial score (nSPS) is 21.4. The van der Waals surface area contributed by atoms with Crippen LogP contribution in [0.15, 0.2) is 42.9 Å². The maximum Gasteiger partial charge on any atom is 0.433 e. The number of rotatable bonds is 5. The molecule has 10 heteroatoms. The first-order valence-electron chi connectivity index (χ1n) is 11.5. The van der Waals surface area contributed by atoms with Gasteiger partial charge >= 0.3 is 6.18 Å². The van der Waals surface area contributed by atoms with Crippen molar-refractivity contribution in [1.82, 2.24) is 15.0 Å². The Kier molecular flexibility index (Phi) is 6.40. The van der Waals surface area contributed by atoms with Crippen LogP contribution in [0.5, 0.6) is 5.75 Å². The minimum Gasteiger partial charge on any atom is -0.488 e. The zero-order chi connectivity index (χ0) is 23.5. The Morgan fingerprint density at radius 1 is 0.971 bits per heavy atom. The van der Waals surface area contributed by atoms with E-state index < -0.39 is 11.9 Å². The molecule has 1 N–H and O–H groups in total. The van der Waals surface area contributed by atoms with Crippen LogP contribution in [0, 0.1) is 0 Å². The average molecular weight is 473 g/mol. The first-order valence-corrected chi connectivity index (χ1v) is 11.5. The molecule has 3 heterocycles. The molecule has 34 heavy (non-hydrogen) atoms. The third kappa shape index (κ3) is 5.16. The molecule has 1 aliphatic carbocycles. The molecular formula is C24H26F3N5O2. The molecule has 2 aliphatic rings. The fourth-order valence-corrected chi connectivity index (χ4v) is 4.51. The van der Waals surface area contributed by atoms with Crippen molar-refractivity contribution in [3.63, 3.8) is 0 Å². The van der Waals surface area contributed by atoms with Gasteiger partial charge in [0.2, 0.25) is 0 Å². The Hall–Kier alpha value is -3.14. The topological polar surface area (TPSA) is 72.4 Å². The molecule has 0 spiro atoms. The molecule has 0 radical (unpaired) electrons. The van der Waals surface area contributed by atoms with Crippen molar-refractivity contribution in [2.45, 2.75) is 44.0 Å². The lowest BCUT2D eigenvalue weighted by atomic mass is 9.92. The van der Waals surface area contributed by atoms with Gasteiger partial charge in [0.25, 0.3) is 0 Å². The van der Waals surface area contributed by atoms with E-state index in [1.165, 1.54) is 12.3 Å². The Balaban J connectivity index is 1.23. The summed E-state index contributed by atoms with van der Waals surface area (Å²) in [6.07, 6.45) is 3.55. The summed E-state index contributed by atoms with van der Waals surface area (Å²) < 4.78 is 50.0. The molecule has 0 unspecified atom stereocenters. The van der Waals surface area contributed by atoms with Crippen LogP contribution in [0.2, 0.25) is 0 Å².